The van der Waals surface area contributed by atoms with Gasteiger partial charge in [-0.3, -0.25) is 0 Å². The molecule has 0 aromatic rings. The van der Waals surface area contributed by atoms with Crippen LogP contribution in [-0.2, 0) is 28.5 Å². The summed E-state index contributed by atoms with van der Waals surface area (Å²) >= 11 is 0. The highest BCUT2D eigenvalue weighted by atomic mass is 16.7. The van der Waals surface area contributed by atoms with E-state index in [0.717, 1.165) is 31.3 Å². The Morgan fingerprint density at radius 1 is 1.15 bits per heavy atom. The van der Waals surface area contributed by atoms with Crippen molar-refractivity contribution in [3.8, 4) is 0 Å². The van der Waals surface area contributed by atoms with Gasteiger partial charge in [0.25, 0.3) is 0 Å². The Hall–Kier alpha value is -1.81. The second kappa shape index (κ2) is 12.2. The monoisotopic (exact) mass is 476 g/mol. The summed E-state index contributed by atoms with van der Waals surface area (Å²) in [6.45, 7) is 5.11. The highest BCUT2D eigenvalue weighted by molar-refractivity contribution is 5.82. The standard InChI is InChI=1S/C26H36O8/c1-17-5-2-6-18-7-3-8-19(32-18)9-4-10-24(29)33-22(16-23-26(34-23)21(28)15-17)20(27)11-12-25-30-13-14-31-25/h3-4,8,10-12,18-23,25-28H,1-2,5-7,9,13-16H2/b10-4-,12-11+/t18-,19?,20?,21+,22?,23+,26?/m1/s1. The van der Waals surface area contributed by atoms with Crippen LogP contribution in [0.5, 0.6) is 0 Å². The van der Waals surface area contributed by atoms with Crippen molar-refractivity contribution < 1.29 is 38.7 Å². The molecule has 2 bridgehead atoms. The van der Waals surface area contributed by atoms with Crippen LogP contribution in [0.15, 0.2) is 48.6 Å². The second-order valence-corrected chi connectivity index (χ2v) is 9.35. The van der Waals surface area contributed by atoms with Gasteiger partial charge in [0, 0.05) is 12.5 Å². The van der Waals surface area contributed by atoms with Gasteiger partial charge >= 0.3 is 5.97 Å². The smallest absolute Gasteiger partial charge is 0.330 e. The molecule has 0 spiro atoms. The molecule has 4 aliphatic rings. The molecular weight excluding hydrogens is 440 g/mol. The Kier molecular flexibility index (Phi) is 9.10. The lowest BCUT2D eigenvalue weighted by atomic mass is 9.97. The quantitative estimate of drug-likeness (QED) is 0.364. The fraction of sp³-hybridized carbons (Fsp3) is 0.654. The molecule has 4 aliphatic heterocycles. The van der Waals surface area contributed by atoms with Crippen LogP contribution in [0.2, 0.25) is 0 Å². The van der Waals surface area contributed by atoms with Gasteiger partial charge in [0.05, 0.1) is 37.6 Å². The van der Waals surface area contributed by atoms with Crippen LogP contribution in [0.1, 0.15) is 44.9 Å². The van der Waals surface area contributed by atoms with Crippen LogP contribution in [0.4, 0.5) is 0 Å². The Morgan fingerprint density at radius 3 is 2.79 bits per heavy atom. The lowest BCUT2D eigenvalue weighted by Gasteiger charge is -2.25. The molecular formula is C26H36O8. The van der Waals surface area contributed by atoms with Crippen molar-refractivity contribution in [3.05, 3.63) is 48.6 Å². The average molecular weight is 477 g/mol. The fourth-order valence-corrected chi connectivity index (χ4v) is 4.62. The van der Waals surface area contributed by atoms with Crippen molar-refractivity contribution in [1.82, 2.24) is 0 Å². The van der Waals surface area contributed by atoms with Crippen molar-refractivity contribution in [2.45, 2.75) is 94.0 Å². The Balaban J connectivity index is 1.42. The van der Waals surface area contributed by atoms with E-state index in [0.29, 0.717) is 26.1 Å². The summed E-state index contributed by atoms with van der Waals surface area (Å²) in [6, 6.07) is 0. The largest absolute Gasteiger partial charge is 0.456 e. The molecule has 2 N–H and O–H groups in total. The number of rotatable bonds is 3. The van der Waals surface area contributed by atoms with E-state index in [1.165, 1.54) is 12.2 Å². The molecule has 4 rings (SSSR count). The zero-order valence-corrected chi connectivity index (χ0v) is 19.5. The zero-order valence-electron chi connectivity index (χ0n) is 19.5. The number of hydrogen-bond donors (Lipinski definition) is 2. The van der Waals surface area contributed by atoms with Crippen LogP contribution < -0.4 is 0 Å². The van der Waals surface area contributed by atoms with E-state index in [9.17, 15) is 15.0 Å². The highest BCUT2D eigenvalue weighted by Gasteiger charge is 2.46. The fourth-order valence-electron chi connectivity index (χ4n) is 4.62. The lowest BCUT2D eigenvalue weighted by molar-refractivity contribution is -0.148. The Bertz CT molecular complexity index is 784. The van der Waals surface area contributed by atoms with Crippen molar-refractivity contribution in [2.24, 2.45) is 0 Å². The number of fused-ring (bicyclic) bond motifs is 3. The summed E-state index contributed by atoms with van der Waals surface area (Å²) < 4.78 is 28.1. The van der Waals surface area contributed by atoms with Crippen molar-refractivity contribution in [3.63, 3.8) is 0 Å². The van der Waals surface area contributed by atoms with Gasteiger partial charge in [-0.15, -0.1) is 0 Å². The number of carbonyl (C=O) groups is 1. The molecule has 0 radical (unpaired) electrons. The molecule has 8 nitrogen and oxygen atoms in total. The van der Waals surface area contributed by atoms with Gasteiger partial charge in [0.1, 0.15) is 18.3 Å². The Morgan fingerprint density at radius 2 is 1.97 bits per heavy atom. The number of aliphatic hydroxyl groups is 2. The minimum Gasteiger partial charge on any atom is -0.456 e. The molecule has 4 unspecified atom stereocenters. The molecule has 2 saturated heterocycles. The van der Waals surface area contributed by atoms with Gasteiger partial charge in [-0.25, -0.2) is 4.79 Å². The van der Waals surface area contributed by atoms with E-state index in [2.05, 4.69) is 12.7 Å². The summed E-state index contributed by atoms with van der Waals surface area (Å²) in [7, 11) is 0. The number of esters is 1. The average Bonchev–Trinajstić information content (AvgIpc) is 3.38. The minimum atomic E-state index is -1.07. The molecule has 34 heavy (non-hydrogen) atoms. The molecule has 188 valence electrons. The number of ether oxygens (including phenoxy) is 5. The first kappa shape index (κ1) is 25.3. The van der Waals surface area contributed by atoms with Crippen LogP contribution in [-0.4, -0.2) is 78.4 Å². The topological polar surface area (TPSA) is 107 Å². The molecule has 2 fully saturated rings. The van der Waals surface area contributed by atoms with Crippen molar-refractivity contribution in [1.29, 1.82) is 0 Å². The second-order valence-electron chi connectivity index (χ2n) is 9.35. The van der Waals surface area contributed by atoms with Gasteiger partial charge in [0.2, 0.25) is 0 Å². The third-order valence-electron chi connectivity index (χ3n) is 6.52. The van der Waals surface area contributed by atoms with Crippen LogP contribution >= 0.6 is 0 Å². The number of hydrogen-bond acceptors (Lipinski definition) is 8. The summed E-state index contributed by atoms with van der Waals surface area (Å²) in [5.74, 6) is -0.547. The molecule has 0 saturated carbocycles. The van der Waals surface area contributed by atoms with Gasteiger partial charge < -0.3 is 33.9 Å². The summed E-state index contributed by atoms with van der Waals surface area (Å²) in [5.41, 5.74) is 0.983. The molecule has 0 aromatic carbocycles. The number of epoxide rings is 1. The van der Waals surface area contributed by atoms with E-state index in [1.807, 2.05) is 6.08 Å². The number of aliphatic hydroxyl groups excluding tert-OH is 2. The van der Waals surface area contributed by atoms with Crippen LogP contribution in [0.25, 0.3) is 0 Å². The first-order valence-electron chi connectivity index (χ1n) is 12.3. The minimum absolute atomic E-state index is 0.0805. The lowest BCUT2D eigenvalue weighted by Crippen LogP contribution is -2.32. The van der Waals surface area contributed by atoms with Gasteiger partial charge in [-0.1, -0.05) is 36.5 Å². The zero-order chi connectivity index (χ0) is 23.9. The SMILES string of the molecule is C=C1CCC[C@@H]2CC=CC(C/C=C\C(=O)OC(C(O)/C=C/C3OCCO3)C[C@@H]3OC3[C@@H](O)C1)O2. The van der Waals surface area contributed by atoms with Gasteiger partial charge in [0.15, 0.2) is 6.29 Å². The predicted octanol–water partition coefficient (Wildman–Crippen LogP) is 2.50. The molecule has 0 aliphatic carbocycles. The predicted molar refractivity (Wildman–Crippen MR) is 124 cm³/mol. The van der Waals surface area contributed by atoms with E-state index in [1.54, 1.807) is 12.2 Å². The maximum Gasteiger partial charge on any atom is 0.330 e. The highest BCUT2D eigenvalue weighted by Crippen LogP contribution is 2.34. The molecule has 7 atom stereocenters. The normalized spacial score (nSPS) is 38.1. The van der Waals surface area contributed by atoms with Crippen LogP contribution in [0, 0.1) is 0 Å². The van der Waals surface area contributed by atoms with Crippen LogP contribution in [0.3, 0.4) is 0 Å². The molecule has 8 heteroatoms. The van der Waals surface area contributed by atoms with E-state index < -0.39 is 30.6 Å². The number of carbonyl (C=O) groups excluding carboxylic acids is 1. The number of cyclic esters (lactones) is 1. The van der Waals surface area contributed by atoms with Gasteiger partial charge in [-0.2, -0.15) is 0 Å². The van der Waals surface area contributed by atoms with E-state index >= 15 is 0 Å². The summed E-state index contributed by atoms with van der Waals surface area (Å²) in [5, 5.41) is 21.3. The van der Waals surface area contributed by atoms with E-state index in [-0.39, 0.29) is 30.8 Å². The third-order valence-corrected chi connectivity index (χ3v) is 6.52. The Labute approximate surface area is 200 Å². The summed E-state index contributed by atoms with van der Waals surface area (Å²) in [6.07, 6.45) is 11.5. The third kappa shape index (κ3) is 7.60. The maximum absolute atomic E-state index is 12.5. The first-order valence-corrected chi connectivity index (χ1v) is 12.3. The molecule has 4 heterocycles. The van der Waals surface area contributed by atoms with E-state index in [4.69, 9.17) is 23.7 Å². The molecule has 0 aromatic heterocycles. The maximum atomic E-state index is 12.5. The summed E-state index contributed by atoms with van der Waals surface area (Å²) in [4.78, 5) is 12.5. The van der Waals surface area contributed by atoms with Crippen molar-refractivity contribution >= 4 is 5.97 Å². The first-order chi connectivity index (χ1) is 16.5. The van der Waals surface area contributed by atoms with Crippen molar-refractivity contribution in [2.75, 3.05) is 13.2 Å². The molecule has 0 amide bonds. The van der Waals surface area contributed by atoms with Gasteiger partial charge in [-0.05, 0) is 44.6 Å².